The first kappa shape index (κ1) is 14.7. The second kappa shape index (κ2) is 6.17. The molecule has 0 N–H and O–H groups in total. The van der Waals surface area contributed by atoms with Crippen LogP contribution in [0.15, 0.2) is 23.2 Å². The van der Waals surface area contributed by atoms with E-state index in [0.717, 1.165) is 12.8 Å². The average Bonchev–Trinajstić information content (AvgIpc) is 2.89. The fourth-order valence-electron chi connectivity index (χ4n) is 2.08. The topological polar surface area (TPSA) is 59.5 Å². The Kier molecular flexibility index (Phi) is 4.78. The Bertz CT molecular complexity index is 512. The monoisotopic (exact) mass is 304 g/mol. The summed E-state index contributed by atoms with van der Waals surface area (Å²) in [6.07, 6.45) is 3.18. The average molecular weight is 305 g/mol. The van der Waals surface area contributed by atoms with Crippen LogP contribution in [0.25, 0.3) is 0 Å². The van der Waals surface area contributed by atoms with Crippen molar-refractivity contribution in [3.63, 3.8) is 0 Å². The molecule has 1 aromatic rings. The number of sulfonamides is 1. The van der Waals surface area contributed by atoms with E-state index in [2.05, 4.69) is 4.98 Å². The fraction of sp³-hybridized carbons (Fsp3) is 0.583. The van der Waals surface area contributed by atoms with Crippen molar-refractivity contribution in [2.45, 2.75) is 30.8 Å². The van der Waals surface area contributed by atoms with E-state index in [0.29, 0.717) is 19.7 Å². The van der Waals surface area contributed by atoms with Gasteiger partial charge in [-0.3, -0.25) is 0 Å². The maximum atomic E-state index is 12.4. The van der Waals surface area contributed by atoms with Crippen LogP contribution in [-0.4, -0.2) is 43.5 Å². The first-order valence-electron chi connectivity index (χ1n) is 6.27. The van der Waals surface area contributed by atoms with Crippen LogP contribution in [0, 0.1) is 0 Å². The molecule has 7 heteroatoms. The number of hydrogen-bond donors (Lipinski definition) is 0. The molecule has 0 amide bonds. The van der Waals surface area contributed by atoms with Gasteiger partial charge in [-0.2, -0.15) is 4.31 Å². The summed E-state index contributed by atoms with van der Waals surface area (Å²) in [6.45, 7) is 3.33. The van der Waals surface area contributed by atoms with E-state index < -0.39 is 10.0 Å². The van der Waals surface area contributed by atoms with E-state index in [4.69, 9.17) is 16.3 Å². The Morgan fingerprint density at radius 3 is 2.84 bits per heavy atom. The van der Waals surface area contributed by atoms with Gasteiger partial charge in [-0.25, -0.2) is 13.4 Å². The molecule has 1 aromatic heterocycles. The molecule has 0 aromatic carbocycles. The highest BCUT2D eigenvalue weighted by atomic mass is 35.5. The lowest BCUT2D eigenvalue weighted by molar-refractivity contribution is 0.0947. The van der Waals surface area contributed by atoms with Crippen LogP contribution in [0.3, 0.4) is 0 Å². The third-order valence-corrected chi connectivity index (χ3v) is 5.27. The van der Waals surface area contributed by atoms with Gasteiger partial charge in [0.05, 0.1) is 6.10 Å². The molecular weight excluding hydrogens is 288 g/mol. The van der Waals surface area contributed by atoms with Crippen molar-refractivity contribution < 1.29 is 13.2 Å². The summed E-state index contributed by atoms with van der Waals surface area (Å²) in [5.74, 6) is 0. The van der Waals surface area contributed by atoms with Crippen molar-refractivity contribution in [3.8, 4) is 0 Å². The number of halogens is 1. The molecule has 0 saturated carbocycles. The van der Waals surface area contributed by atoms with Crippen molar-refractivity contribution in [1.29, 1.82) is 0 Å². The van der Waals surface area contributed by atoms with E-state index in [1.165, 1.54) is 22.6 Å². The van der Waals surface area contributed by atoms with Gasteiger partial charge >= 0.3 is 0 Å². The van der Waals surface area contributed by atoms with Crippen molar-refractivity contribution in [3.05, 3.63) is 23.5 Å². The summed E-state index contributed by atoms with van der Waals surface area (Å²) < 4.78 is 31.8. The summed E-state index contributed by atoms with van der Waals surface area (Å²) in [5, 5.41) is 0.279. The summed E-state index contributed by atoms with van der Waals surface area (Å²) in [6, 6.07) is 2.96. The molecule has 1 atom stereocenters. The molecular formula is C12H17ClN2O3S. The molecule has 1 fully saturated rings. The zero-order valence-corrected chi connectivity index (χ0v) is 12.3. The maximum absolute atomic E-state index is 12.4. The van der Waals surface area contributed by atoms with Gasteiger partial charge in [-0.1, -0.05) is 18.5 Å². The van der Waals surface area contributed by atoms with Crippen LogP contribution < -0.4 is 0 Å². The molecule has 0 radical (unpaired) electrons. The standard InChI is InChI=1S/C12H17ClN2O3S/c1-2-15(9-10-4-3-7-18-10)19(16,17)11-5-6-12(13)14-8-11/h5-6,8,10H,2-4,7,9H2,1H3. The molecule has 5 nitrogen and oxygen atoms in total. The highest BCUT2D eigenvalue weighted by Crippen LogP contribution is 2.20. The molecule has 0 bridgehead atoms. The first-order valence-corrected chi connectivity index (χ1v) is 8.09. The third kappa shape index (κ3) is 3.45. The highest BCUT2D eigenvalue weighted by molar-refractivity contribution is 7.89. The van der Waals surface area contributed by atoms with Gasteiger partial charge in [0.25, 0.3) is 0 Å². The molecule has 19 heavy (non-hydrogen) atoms. The zero-order valence-electron chi connectivity index (χ0n) is 10.8. The number of nitrogens with zero attached hydrogens (tertiary/aromatic N) is 2. The van der Waals surface area contributed by atoms with Crippen molar-refractivity contribution in [1.82, 2.24) is 9.29 Å². The zero-order chi connectivity index (χ0) is 13.9. The minimum atomic E-state index is -3.52. The van der Waals surface area contributed by atoms with E-state index in [9.17, 15) is 8.42 Å². The Balaban J connectivity index is 2.17. The van der Waals surface area contributed by atoms with Crippen LogP contribution in [-0.2, 0) is 14.8 Å². The maximum Gasteiger partial charge on any atom is 0.244 e. The number of aromatic nitrogens is 1. The molecule has 1 aliphatic heterocycles. The van der Waals surface area contributed by atoms with Gasteiger partial charge in [0, 0.05) is 25.9 Å². The van der Waals surface area contributed by atoms with E-state index in [1.807, 2.05) is 6.92 Å². The highest BCUT2D eigenvalue weighted by Gasteiger charge is 2.28. The number of rotatable bonds is 5. The Labute approximate surface area is 118 Å². The van der Waals surface area contributed by atoms with Gasteiger partial charge in [0.15, 0.2) is 0 Å². The SMILES string of the molecule is CCN(CC1CCCO1)S(=O)(=O)c1ccc(Cl)nc1. The molecule has 106 valence electrons. The minimum absolute atomic E-state index is 0.00464. The molecule has 1 unspecified atom stereocenters. The van der Waals surface area contributed by atoms with Crippen LogP contribution >= 0.6 is 11.6 Å². The van der Waals surface area contributed by atoms with E-state index in [-0.39, 0.29) is 16.2 Å². The van der Waals surface area contributed by atoms with Gasteiger partial charge in [0.1, 0.15) is 10.0 Å². The van der Waals surface area contributed by atoms with E-state index >= 15 is 0 Å². The van der Waals surface area contributed by atoms with Crippen molar-refractivity contribution >= 4 is 21.6 Å². The summed E-state index contributed by atoms with van der Waals surface area (Å²) >= 11 is 5.67. The largest absolute Gasteiger partial charge is 0.377 e. The molecule has 1 saturated heterocycles. The van der Waals surface area contributed by atoms with Crippen LogP contribution in [0.2, 0.25) is 5.15 Å². The molecule has 0 spiro atoms. The Morgan fingerprint density at radius 1 is 1.53 bits per heavy atom. The summed E-state index contributed by atoms with van der Waals surface area (Å²) in [7, 11) is -3.52. The van der Waals surface area contributed by atoms with Crippen LogP contribution in [0.1, 0.15) is 19.8 Å². The number of likely N-dealkylation sites (N-methyl/N-ethyl adjacent to an activating group) is 1. The lowest BCUT2D eigenvalue weighted by atomic mass is 10.2. The van der Waals surface area contributed by atoms with Crippen molar-refractivity contribution in [2.24, 2.45) is 0 Å². The molecule has 1 aliphatic rings. The van der Waals surface area contributed by atoms with Gasteiger partial charge in [-0.05, 0) is 25.0 Å². The normalized spacial score (nSPS) is 20.1. The second-order valence-electron chi connectivity index (χ2n) is 4.41. The smallest absolute Gasteiger partial charge is 0.244 e. The molecule has 2 heterocycles. The molecule has 2 rings (SSSR count). The van der Waals surface area contributed by atoms with Gasteiger partial charge in [0.2, 0.25) is 10.0 Å². The first-order chi connectivity index (χ1) is 9.04. The van der Waals surface area contributed by atoms with Crippen LogP contribution in [0.5, 0.6) is 0 Å². The number of pyridine rings is 1. The van der Waals surface area contributed by atoms with Gasteiger partial charge < -0.3 is 4.74 Å². The quantitative estimate of drug-likeness (QED) is 0.780. The lowest BCUT2D eigenvalue weighted by Gasteiger charge is -2.23. The predicted octanol–water partition coefficient (Wildman–Crippen LogP) is 1.92. The lowest BCUT2D eigenvalue weighted by Crippen LogP contribution is -2.37. The second-order valence-corrected chi connectivity index (χ2v) is 6.73. The fourth-order valence-corrected chi connectivity index (χ4v) is 3.61. The van der Waals surface area contributed by atoms with Crippen LogP contribution in [0.4, 0.5) is 0 Å². The Morgan fingerprint density at radius 2 is 2.32 bits per heavy atom. The number of ether oxygens (including phenoxy) is 1. The van der Waals surface area contributed by atoms with Crippen molar-refractivity contribution in [2.75, 3.05) is 19.7 Å². The third-order valence-electron chi connectivity index (χ3n) is 3.12. The minimum Gasteiger partial charge on any atom is -0.377 e. The molecule has 0 aliphatic carbocycles. The van der Waals surface area contributed by atoms with Gasteiger partial charge in [-0.15, -0.1) is 0 Å². The van der Waals surface area contributed by atoms with E-state index in [1.54, 1.807) is 0 Å². The summed E-state index contributed by atoms with van der Waals surface area (Å²) in [5.41, 5.74) is 0. The Hall–Kier alpha value is -0.690. The number of hydrogen-bond acceptors (Lipinski definition) is 4. The summed E-state index contributed by atoms with van der Waals surface area (Å²) in [4.78, 5) is 3.99. The predicted molar refractivity (Wildman–Crippen MR) is 72.7 cm³/mol.